The van der Waals surface area contributed by atoms with Crippen LogP contribution in [0.3, 0.4) is 0 Å². The number of rotatable bonds is 1. The summed E-state index contributed by atoms with van der Waals surface area (Å²) in [5.74, 6) is 0. The van der Waals surface area contributed by atoms with Crippen molar-refractivity contribution in [1.29, 1.82) is 0 Å². The smallest absolute Gasteiger partial charge is 0.00624 e. The molecule has 0 saturated heterocycles. The van der Waals surface area contributed by atoms with Gasteiger partial charge < -0.3 is 0 Å². The Hall–Kier alpha value is -1.82. The Balaban J connectivity index is 2.14. The van der Waals surface area contributed by atoms with Gasteiger partial charge in [0.05, 0.1) is 0 Å². The van der Waals surface area contributed by atoms with Gasteiger partial charge in [0.15, 0.2) is 0 Å². The van der Waals surface area contributed by atoms with E-state index >= 15 is 0 Å². The molecule has 0 nitrogen and oxygen atoms in total. The van der Waals surface area contributed by atoms with Gasteiger partial charge in [-0.2, -0.15) is 0 Å². The Morgan fingerprint density at radius 1 is 1.05 bits per heavy atom. The highest BCUT2D eigenvalue weighted by molar-refractivity contribution is 5.83. The zero-order chi connectivity index (χ0) is 13.5. The van der Waals surface area contributed by atoms with Crippen LogP contribution in [-0.2, 0) is 5.41 Å². The van der Waals surface area contributed by atoms with Crippen LogP contribution in [0.2, 0.25) is 0 Å². The van der Waals surface area contributed by atoms with E-state index in [2.05, 4.69) is 69.3 Å². The van der Waals surface area contributed by atoms with Crippen molar-refractivity contribution in [3.05, 3.63) is 76.9 Å². The van der Waals surface area contributed by atoms with Gasteiger partial charge in [-0.25, -0.2) is 0 Å². The zero-order valence-corrected chi connectivity index (χ0v) is 11.8. The van der Waals surface area contributed by atoms with Crippen molar-refractivity contribution in [1.82, 2.24) is 0 Å². The second kappa shape index (κ2) is 4.38. The topological polar surface area (TPSA) is 0 Å². The molecular weight excluding hydrogens is 228 g/mol. The minimum absolute atomic E-state index is 0.210. The maximum atomic E-state index is 3.23. The SMILES string of the molecule is Cc1ccc(C2=CCC(C)(C)c3c[c]ccc32)cc1. The highest BCUT2D eigenvalue weighted by Gasteiger charge is 2.27. The summed E-state index contributed by atoms with van der Waals surface area (Å²) < 4.78 is 0. The molecule has 3 rings (SSSR count). The summed E-state index contributed by atoms with van der Waals surface area (Å²) in [5, 5.41) is 0. The van der Waals surface area contributed by atoms with Crippen molar-refractivity contribution >= 4 is 5.57 Å². The lowest BCUT2D eigenvalue weighted by molar-refractivity contribution is 0.527. The van der Waals surface area contributed by atoms with Gasteiger partial charge in [-0.15, -0.1) is 0 Å². The molecule has 0 aliphatic heterocycles. The van der Waals surface area contributed by atoms with Gasteiger partial charge in [0.25, 0.3) is 0 Å². The van der Waals surface area contributed by atoms with Crippen LogP contribution in [0.5, 0.6) is 0 Å². The highest BCUT2D eigenvalue weighted by Crippen LogP contribution is 2.40. The summed E-state index contributed by atoms with van der Waals surface area (Å²) in [7, 11) is 0. The number of hydrogen-bond donors (Lipinski definition) is 0. The Bertz CT molecular complexity index is 627. The Morgan fingerprint density at radius 2 is 1.79 bits per heavy atom. The van der Waals surface area contributed by atoms with Crippen molar-refractivity contribution in [2.45, 2.75) is 32.6 Å². The molecule has 0 amide bonds. The van der Waals surface area contributed by atoms with E-state index in [-0.39, 0.29) is 5.41 Å². The predicted molar refractivity (Wildman–Crippen MR) is 81.2 cm³/mol. The summed E-state index contributed by atoms with van der Waals surface area (Å²) in [6, 6.07) is 18.4. The first-order valence-electron chi connectivity index (χ1n) is 6.86. The number of benzene rings is 2. The Kier molecular flexibility index (Phi) is 2.82. The first-order chi connectivity index (χ1) is 9.08. The lowest BCUT2D eigenvalue weighted by Gasteiger charge is -2.32. The summed E-state index contributed by atoms with van der Waals surface area (Å²) in [5.41, 5.74) is 6.97. The predicted octanol–water partition coefficient (Wildman–Crippen LogP) is 4.91. The van der Waals surface area contributed by atoms with Crippen molar-refractivity contribution in [3.63, 3.8) is 0 Å². The number of fused-ring (bicyclic) bond motifs is 1. The van der Waals surface area contributed by atoms with E-state index in [1.165, 1.54) is 27.8 Å². The molecule has 0 saturated carbocycles. The van der Waals surface area contributed by atoms with Crippen LogP contribution >= 0.6 is 0 Å². The molecule has 0 aromatic heterocycles. The molecule has 1 aliphatic rings. The van der Waals surface area contributed by atoms with Gasteiger partial charge in [0, 0.05) is 0 Å². The molecule has 19 heavy (non-hydrogen) atoms. The lowest BCUT2D eigenvalue weighted by atomic mass is 9.72. The van der Waals surface area contributed by atoms with Crippen molar-refractivity contribution in [2.75, 3.05) is 0 Å². The lowest BCUT2D eigenvalue weighted by Crippen LogP contribution is -2.21. The van der Waals surface area contributed by atoms with Crippen molar-refractivity contribution < 1.29 is 0 Å². The van der Waals surface area contributed by atoms with Crippen LogP contribution in [0.4, 0.5) is 0 Å². The maximum Gasteiger partial charge on any atom is -0.00624 e. The van der Waals surface area contributed by atoms with Gasteiger partial charge in [-0.3, -0.25) is 0 Å². The molecule has 0 heteroatoms. The second-order valence-electron chi connectivity index (χ2n) is 6.04. The standard InChI is InChI=1S/C19H19/c1-14-8-10-15(11-9-14)16-12-13-19(2,3)18-7-5-4-6-17(16)18/h4,6-12H,13H2,1-3H3. The van der Waals surface area contributed by atoms with Gasteiger partial charge in [0.2, 0.25) is 0 Å². The molecule has 0 heterocycles. The fourth-order valence-corrected chi connectivity index (χ4v) is 2.81. The fraction of sp³-hybridized carbons (Fsp3) is 0.263. The monoisotopic (exact) mass is 247 g/mol. The van der Waals surface area contributed by atoms with E-state index in [1.807, 2.05) is 6.07 Å². The third kappa shape index (κ3) is 2.12. The average Bonchev–Trinajstić information content (AvgIpc) is 2.41. The molecular formula is C19H19. The molecule has 1 aliphatic carbocycles. The zero-order valence-electron chi connectivity index (χ0n) is 11.8. The minimum Gasteiger partial charge on any atom is -0.0752 e. The van der Waals surface area contributed by atoms with Gasteiger partial charge in [-0.05, 0) is 53.2 Å². The first-order valence-corrected chi connectivity index (χ1v) is 6.86. The van der Waals surface area contributed by atoms with E-state index in [0.717, 1.165) is 6.42 Å². The van der Waals surface area contributed by atoms with E-state index in [1.54, 1.807) is 0 Å². The van der Waals surface area contributed by atoms with E-state index in [0.29, 0.717) is 0 Å². The minimum atomic E-state index is 0.210. The fourth-order valence-electron chi connectivity index (χ4n) is 2.81. The molecule has 95 valence electrons. The van der Waals surface area contributed by atoms with Gasteiger partial charge in [-0.1, -0.05) is 61.9 Å². The number of hydrogen-bond acceptors (Lipinski definition) is 0. The van der Waals surface area contributed by atoms with Gasteiger partial charge in [0.1, 0.15) is 0 Å². The molecule has 2 aromatic rings. The molecule has 2 aromatic carbocycles. The second-order valence-corrected chi connectivity index (χ2v) is 6.04. The van der Waals surface area contributed by atoms with Crippen LogP contribution in [0, 0.1) is 13.0 Å². The molecule has 0 bridgehead atoms. The van der Waals surface area contributed by atoms with Crippen molar-refractivity contribution in [3.8, 4) is 0 Å². The number of aryl methyl sites for hydroxylation is 1. The molecule has 0 unspecified atom stereocenters. The molecule has 0 atom stereocenters. The van der Waals surface area contributed by atoms with Crippen LogP contribution in [0.1, 0.15) is 42.5 Å². The van der Waals surface area contributed by atoms with E-state index in [9.17, 15) is 0 Å². The summed E-state index contributed by atoms with van der Waals surface area (Å²) in [6.45, 7) is 6.75. The Morgan fingerprint density at radius 3 is 2.53 bits per heavy atom. The van der Waals surface area contributed by atoms with Crippen LogP contribution in [0.15, 0.2) is 48.5 Å². The highest BCUT2D eigenvalue weighted by atomic mass is 14.3. The maximum absolute atomic E-state index is 3.23. The molecule has 0 N–H and O–H groups in total. The third-order valence-electron chi connectivity index (χ3n) is 4.06. The summed E-state index contributed by atoms with van der Waals surface area (Å²) >= 11 is 0. The number of allylic oxidation sites excluding steroid dienone is 1. The largest absolute Gasteiger partial charge is 0.0752 e. The average molecular weight is 247 g/mol. The van der Waals surface area contributed by atoms with E-state index < -0.39 is 0 Å². The molecule has 0 spiro atoms. The van der Waals surface area contributed by atoms with E-state index in [4.69, 9.17) is 0 Å². The van der Waals surface area contributed by atoms with Crippen LogP contribution in [-0.4, -0.2) is 0 Å². The van der Waals surface area contributed by atoms with Crippen molar-refractivity contribution in [2.24, 2.45) is 0 Å². The molecule has 0 fully saturated rings. The Labute approximate surface area is 115 Å². The van der Waals surface area contributed by atoms with Gasteiger partial charge >= 0.3 is 0 Å². The van der Waals surface area contributed by atoms with Crippen LogP contribution in [0.25, 0.3) is 5.57 Å². The summed E-state index contributed by atoms with van der Waals surface area (Å²) in [4.78, 5) is 0. The first kappa shape index (κ1) is 12.2. The summed E-state index contributed by atoms with van der Waals surface area (Å²) in [6.07, 6.45) is 3.47. The quantitative estimate of drug-likeness (QED) is 0.671. The normalized spacial score (nSPS) is 16.7. The van der Waals surface area contributed by atoms with Crippen LogP contribution < -0.4 is 0 Å². The third-order valence-corrected chi connectivity index (χ3v) is 4.06. The molecule has 1 radical (unpaired) electrons.